The van der Waals surface area contributed by atoms with E-state index in [0.717, 1.165) is 34.9 Å². The summed E-state index contributed by atoms with van der Waals surface area (Å²) < 4.78 is 2.00. The first-order valence-corrected chi connectivity index (χ1v) is 8.83. The molecule has 0 N–H and O–H groups in total. The number of carbonyl (C=O) groups is 1. The van der Waals surface area contributed by atoms with Gasteiger partial charge in [0.05, 0.1) is 5.69 Å². The molecule has 4 nitrogen and oxygen atoms in total. The van der Waals surface area contributed by atoms with Crippen LogP contribution in [0.25, 0.3) is 0 Å². The van der Waals surface area contributed by atoms with E-state index in [1.807, 2.05) is 47.8 Å². The van der Waals surface area contributed by atoms with E-state index in [4.69, 9.17) is 11.6 Å². The van der Waals surface area contributed by atoms with E-state index in [9.17, 15) is 4.79 Å². The SMILES string of the molecule is CCn1nc(C)c(CN(C)C(=O)C2CC2c2ccc(Cl)cc2)c1C. The summed E-state index contributed by atoms with van der Waals surface area (Å²) in [4.78, 5) is 14.6. The van der Waals surface area contributed by atoms with Crippen LogP contribution in [0.2, 0.25) is 5.02 Å². The van der Waals surface area contributed by atoms with Crippen molar-refractivity contribution in [1.82, 2.24) is 14.7 Å². The number of hydrogen-bond donors (Lipinski definition) is 0. The maximum atomic E-state index is 12.7. The fraction of sp³-hybridized carbons (Fsp3) is 0.474. The van der Waals surface area contributed by atoms with Gasteiger partial charge < -0.3 is 4.90 Å². The summed E-state index contributed by atoms with van der Waals surface area (Å²) in [5.74, 6) is 0.647. The first-order chi connectivity index (χ1) is 11.4. The molecule has 1 aromatic heterocycles. The topological polar surface area (TPSA) is 38.1 Å². The normalized spacial score (nSPS) is 19.4. The van der Waals surface area contributed by atoms with Crippen LogP contribution >= 0.6 is 11.6 Å². The maximum Gasteiger partial charge on any atom is 0.226 e. The van der Waals surface area contributed by atoms with Crippen molar-refractivity contribution in [3.8, 4) is 0 Å². The molecule has 2 aromatic rings. The molecule has 1 aromatic carbocycles. The fourth-order valence-corrected chi connectivity index (χ4v) is 3.54. The van der Waals surface area contributed by atoms with Gasteiger partial charge in [-0.05, 0) is 50.8 Å². The summed E-state index contributed by atoms with van der Waals surface area (Å²) in [5.41, 5.74) is 4.53. The Balaban J connectivity index is 1.66. The van der Waals surface area contributed by atoms with Crippen molar-refractivity contribution in [3.63, 3.8) is 0 Å². The predicted molar refractivity (Wildman–Crippen MR) is 96.1 cm³/mol. The second-order valence-corrected chi connectivity index (χ2v) is 7.10. The first kappa shape index (κ1) is 17.0. The molecule has 24 heavy (non-hydrogen) atoms. The van der Waals surface area contributed by atoms with Gasteiger partial charge in [0.2, 0.25) is 5.91 Å². The van der Waals surface area contributed by atoms with Gasteiger partial charge in [-0.3, -0.25) is 9.48 Å². The lowest BCUT2D eigenvalue weighted by atomic mass is 10.1. The highest BCUT2D eigenvalue weighted by molar-refractivity contribution is 6.30. The van der Waals surface area contributed by atoms with Gasteiger partial charge in [-0.1, -0.05) is 23.7 Å². The van der Waals surface area contributed by atoms with Crippen LogP contribution in [-0.2, 0) is 17.9 Å². The van der Waals surface area contributed by atoms with E-state index in [1.165, 1.54) is 5.56 Å². The number of rotatable bonds is 5. The molecule has 1 aliphatic rings. The Morgan fingerprint density at radius 2 is 2.00 bits per heavy atom. The lowest BCUT2D eigenvalue weighted by molar-refractivity contribution is -0.131. The molecule has 2 unspecified atom stereocenters. The van der Waals surface area contributed by atoms with E-state index in [-0.39, 0.29) is 11.8 Å². The molecule has 1 amide bonds. The Morgan fingerprint density at radius 3 is 2.58 bits per heavy atom. The molecule has 2 atom stereocenters. The number of aryl methyl sites for hydroxylation is 2. The Bertz CT molecular complexity index is 751. The highest BCUT2D eigenvalue weighted by atomic mass is 35.5. The van der Waals surface area contributed by atoms with E-state index in [0.29, 0.717) is 12.5 Å². The molecule has 128 valence electrons. The van der Waals surface area contributed by atoms with Gasteiger partial charge in [0.15, 0.2) is 0 Å². The van der Waals surface area contributed by atoms with Gasteiger partial charge in [0.25, 0.3) is 0 Å². The maximum absolute atomic E-state index is 12.7. The number of amides is 1. The van der Waals surface area contributed by atoms with Gasteiger partial charge in [0.1, 0.15) is 0 Å². The van der Waals surface area contributed by atoms with Crippen molar-refractivity contribution in [3.05, 3.63) is 51.8 Å². The third-order valence-corrected chi connectivity index (χ3v) is 5.26. The summed E-state index contributed by atoms with van der Waals surface area (Å²) in [6.07, 6.45) is 0.928. The van der Waals surface area contributed by atoms with Crippen molar-refractivity contribution in [1.29, 1.82) is 0 Å². The standard InChI is InChI=1S/C19H24ClN3O/c1-5-23-13(3)18(12(2)21-23)11-22(4)19(24)17-10-16(17)14-6-8-15(20)9-7-14/h6-9,16-17H,5,10-11H2,1-4H3. The fourth-order valence-electron chi connectivity index (χ4n) is 3.42. The molecule has 1 aliphatic carbocycles. The average molecular weight is 346 g/mol. The molecule has 0 radical (unpaired) electrons. The Hall–Kier alpha value is -1.81. The molecular formula is C19H24ClN3O. The highest BCUT2D eigenvalue weighted by Crippen LogP contribution is 2.48. The number of hydrogen-bond acceptors (Lipinski definition) is 2. The van der Waals surface area contributed by atoms with Gasteiger partial charge in [-0.15, -0.1) is 0 Å². The molecule has 1 saturated carbocycles. The molecule has 0 bridgehead atoms. The second kappa shape index (κ2) is 6.60. The minimum atomic E-state index is 0.0954. The zero-order valence-electron chi connectivity index (χ0n) is 14.7. The van der Waals surface area contributed by atoms with E-state index in [2.05, 4.69) is 18.9 Å². The molecule has 1 fully saturated rings. The number of nitrogens with zero attached hydrogens (tertiary/aromatic N) is 3. The lowest BCUT2D eigenvalue weighted by Gasteiger charge is -2.18. The molecule has 1 heterocycles. The van der Waals surface area contributed by atoms with Crippen LogP contribution in [-0.4, -0.2) is 27.6 Å². The van der Waals surface area contributed by atoms with Crippen LogP contribution in [0.15, 0.2) is 24.3 Å². The third kappa shape index (κ3) is 3.20. The van der Waals surface area contributed by atoms with Crippen LogP contribution in [0.3, 0.4) is 0 Å². The zero-order chi connectivity index (χ0) is 17.4. The quantitative estimate of drug-likeness (QED) is 0.823. The summed E-state index contributed by atoms with van der Waals surface area (Å²) >= 11 is 5.94. The van der Waals surface area contributed by atoms with Crippen LogP contribution in [0.5, 0.6) is 0 Å². The van der Waals surface area contributed by atoms with Crippen LogP contribution in [0, 0.1) is 19.8 Å². The van der Waals surface area contributed by atoms with Crippen molar-refractivity contribution < 1.29 is 4.79 Å². The monoisotopic (exact) mass is 345 g/mol. The Labute approximate surface area is 148 Å². The first-order valence-electron chi connectivity index (χ1n) is 8.45. The lowest BCUT2D eigenvalue weighted by Crippen LogP contribution is -2.28. The zero-order valence-corrected chi connectivity index (χ0v) is 15.5. The minimum Gasteiger partial charge on any atom is -0.341 e. The Morgan fingerprint density at radius 1 is 1.33 bits per heavy atom. The molecule has 5 heteroatoms. The number of aromatic nitrogens is 2. The summed E-state index contributed by atoms with van der Waals surface area (Å²) in [7, 11) is 1.89. The van der Waals surface area contributed by atoms with Gasteiger partial charge in [-0.25, -0.2) is 0 Å². The van der Waals surface area contributed by atoms with Crippen molar-refractivity contribution in [2.75, 3.05) is 7.05 Å². The van der Waals surface area contributed by atoms with Gasteiger partial charge in [-0.2, -0.15) is 5.10 Å². The van der Waals surface area contributed by atoms with Gasteiger partial charge >= 0.3 is 0 Å². The van der Waals surface area contributed by atoms with Crippen LogP contribution in [0.4, 0.5) is 0 Å². The summed E-state index contributed by atoms with van der Waals surface area (Å²) in [5, 5.41) is 5.27. The predicted octanol–water partition coefficient (Wildman–Crippen LogP) is 3.94. The number of halogens is 1. The van der Waals surface area contributed by atoms with Gasteiger partial charge in [0, 0.05) is 42.3 Å². The van der Waals surface area contributed by atoms with E-state index >= 15 is 0 Å². The van der Waals surface area contributed by atoms with Crippen molar-refractivity contribution in [2.45, 2.75) is 46.2 Å². The largest absolute Gasteiger partial charge is 0.341 e. The van der Waals surface area contributed by atoms with Crippen LogP contribution < -0.4 is 0 Å². The summed E-state index contributed by atoms with van der Waals surface area (Å²) in [6, 6.07) is 7.85. The van der Waals surface area contributed by atoms with Crippen molar-refractivity contribution >= 4 is 17.5 Å². The van der Waals surface area contributed by atoms with E-state index < -0.39 is 0 Å². The molecular weight excluding hydrogens is 322 g/mol. The smallest absolute Gasteiger partial charge is 0.226 e. The highest BCUT2D eigenvalue weighted by Gasteiger charge is 2.45. The van der Waals surface area contributed by atoms with E-state index in [1.54, 1.807) is 0 Å². The average Bonchev–Trinajstić information content (AvgIpc) is 3.32. The number of carbonyl (C=O) groups excluding carboxylic acids is 1. The number of benzene rings is 1. The Kier molecular flexibility index (Phi) is 4.68. The van der Waals surface area contributed by atoms with Crippen molar-refractivity contribution in [2.24, 2.45) is 5.92 Å². The molecule has 0 aliphatic heterocycles. The molecule has 0 spiro atoms. The summed E-state index contributed by atoms with van der Waals surface area (Å²) in [6.45, 7) is 7.65. The van der Waals surface area contributed by atoms with Crippen LogP contribution in [0.1, 0.15) is 41.8 Å². The minimum absolute atomic E-state index is 0.0954. The third-order valence-electron chi connectivity index (χ3n) is 5.01. The second-order valence-electron chi connectivity index (χ2n) is 6.66. The molecule has 3 rings (SSSR count). The molecule has 0 saturated heterocycles.